The van der Waals surface area contributed by atoms with Gasteiger partial charge in [0.05, 0.1) is 38.3 Å². The van der Waals surface area contributed by atoms with Gasteiger partial charge in [0.2, 0.25) is 21.7 Å². The molecular formula is C56H38N6O2S. The Bertz CT molecular complexity index is 3150. The van der Waals surface area contributed by atoms with E-state index >= 15 is 8.42 Å². The van der Waals surface area contributed by atoms with Crippen LogP contribution in [0.1, 0.15) is 0 Å². The van der Waals surface area contributed by atoms with Crippen molar-refractivity contribution in [2.75, 3.05) is 9.80 Å². The lowest BCUT2D eigenvalue weighted by atomic mass is 10.0. The molecule has 9 heteroatoms. The maximum absolute atomic E-state index is 15.0. The van der Waals surface area contributed by atoms with Crippen molar-refractivity contribution in [1.82, 2.24) is 19.9 Å². The van der Waals surface area contributed by atoms with Gasteiger partial charge >= 0.3 is 0 Å². The Balaban J connectivity index is 1.12. The van der Waals surface area contributed by atoms with Gasteiger partial charge in [-0.25, -0.2) is 33.3 Å². The molecule has 310 valence electrons. The zero-order valence-electron chi connectivity index (χ0n) is 34.8. The molecule has 0 unspecified atom stereocenters. The molecule has 0 spiro atoms. The summed E-state index contributed by atoms with van der Waals surface area (Å²) in [6.07, 6.45) is 0. The number of hydrogen-bond acceptors (Lipinski definition) is 8. The van der Waals surface area contributed by atoms with Crippen LogP contribution in [-0.4, -0.2) is 28.4 Å². The van der Waals surface area contributed by atoms with E-state index in [2.05, 4.69) is 4.90 Å². The molecule has 3 heterocycles. The highest BCUT2D eigenvalue weighted by Gasteiger charge is 2.35. The number of benzene rings is 8. The summed E-state index contributed by atoms with van der Waals surface area (Å²) in [6, 6.07) is 74.7. The molecule has 0 radical (unpaired) electrons. The van der Waals surface area contributed by atoms with E-state index in [1.807, 2.05) is 218 Å². The van der Waals surface area contributed by atoms with Gasteiger partial charge in [0, 0.05) is 50.4 Å². The second-order valence-corrected chi connectivity index (χ2v) is 17.4. The normalized spacial score (nSPS) is 12.2. The summed E-state index contributed by atoms with van der Waals surface area (Å²) < 4.78 is 30.1. The van der Waals surface area contributed by atoms with Gasteiger partial charge in [0.25, 0.3) is 0 Å². The Morgan fingerprint density at radius 1 is 0.292 bits per heavy atom. The molecule has 0 aliphatic carbocycles. The zero-order valence-corrected chi connectivity index (χ0v) is 35.7. The molecule has 10 aromatic rings. The van der Waals surface area contributed by atoms with Crippen molar-refractivity contribution in [1.29, 1.82) is 0 Å². The second-order valence-electron chi connectivity index (χ2n) is 15.5. The van der Waals surface area contributed by atoms with Gasteiger partial charge < -0.3 is 4.90 Å². The van der Waals surface area contributed by atoms with E-state index in [1.165, 1.54) is 0 Å². The van der Waals surface area contributed by atoms with Crippen LogP contribution in [0.4, 0.5) is 34.6 Å². The Morgan fingerprint density at radius 3 is 0.908 bits per heavy atom. The second kappa shape index (κ2) is 16.6. The van der Waals surface area contributed by atoms with Gasteiger partial charge in [-0.3, -0.25) is 0 Å². The third-order valence-corrected chi connectivity index (χ3v) is 13.3. The van der Waals surface area contributed by atoms with Gasteiger partial charge in [-0.15, -0.1) is 0 Å². The smallest absolute Gasteiger partial charge is 0.238 e. The SMILES string of the molecule is O=S1(=O)c2cc(N(c3ccccc3)c3ccccc3)ccc2-c2ccc(N(c3nc(-c4ccccc4)cc(-c4ccccc4)n3)c3nc(-c4ccccc4)cc(-c4ccccc4)n3)cc21. The van der Waals surface area contributed by atoms with Crippen LogP contribution in [0.15, 0.2) is 240 Å². The number of nitrogens with zero attached hydrogens (tertiary/aromatic N) is 6. The minimum atomic E-state index is -4.05. The fraction of sp³-hybridized carbons (Fsp3) is 0. The zero-order chi connectivity index (χ0) is 43.7. The predicted octanol–water partition coefficient (Wildman–Crippen LogP) is 13.7. The molecule has 2 aromatic heterocycles. The molecule has 8 nitrogen and oxygen atoms in total. The third kappa shape index (κ3) is 7.49. The number of aromatic nitrogens is 4. The summed E-state index contributed by atoms with van der Waals surface area (Å²) in [5.74, 6) is 0.539. The van der Waals surface area contributed by atoms with Crippen LogP contribution in [0.25, 0.3) is 56.2 Å². The summed E-state index contributed by atoms with van der Waals surface area (Å²) in [5, 5.41) is 0. The fourth-order valence-electron chi connectivity index (χ4n) is 8.33. The quantitative estimate of drug-likeness (QED) is 0.134. The van der Waals surface area contributed by atoms with E-state index in [-0.39, 0.29) is 21.7 Å². The van der Waals surface area contributed by atoms with Crippen LogP contribution in [0, 0.1) is 0 Å². The molecule has 0 saturated heterocycles. The highest BCUT2D eigenvalue weighted by molar-refractivity contribution is 7.92. The maximum atomic E-state index is 15.0. The summed E-state index contributed by atoms with van der Waals surface area (Å²) in [4.78, 5) is 25.1. The summed E-state index contributed by atoms with van der Waals surface area (Å²) in [7, 11) is -4.05. The van der Waals surface area contributed by atoms with E-state index in [4.69, 9.17) is 19.9 Å². The summed E-state index contributed by atoms with van der Waals surface area (Å²) in [6.45, 7) is 0. The van der Waals surface area contributed by atoms with Crippen molar-refractivity contribution in [3.8, 4) is 56.2 Å². The first-order valence-electron chi connectivity index (χ1n) is 21.2. The number of fused-ring (bicyclic) bond motifs is 3. The van der Waals surface area contributed by atoms with E-state index in [0.717, 1.165) is 39.3 Å². The van der Waals surface area contributed by atoms with Crippen molar-refractivity contribution in [3.05, 3.63) is 231 Å². The molecule has 0 fully saturated rings. The Morgan fingerprint density at radius 2 is 0.585 bits per heavy atom. The lowest BCUT2D eigenvalue weighted by Crippen LogP contribution is -2.18. The van der Waals surface area contributed by atoms with E-state index in [9.17, 15) is 0 Å². The summed E-state index contributed by atoms with van der Waals surface area (Å²) in [5.41, 5.74) is 10.5. The molecule has 0 bridgehead atoms. The predicted molar refractivity (Wildman–Crippen MR) is 260 cm³/mol. The molecule has 8 aromatic carbocycles. The molecule has 0 saturated carbocycles. The molecule has 0 N–H and O–H groups in total. The topological polar surface area (TPSA) is 92.2 Å². The van der Waals surface area contributed by atoms with Crippen molar-refractivity contribution in [2.24, 2.45) is 0 Å². The molecule has 1 aliphatic heterocycles. The van der Waals surface area contributed by atoms with E-state index in [1.54, 1.807) is 17.0 Å². The van der Waals surface area contributed by atoms with Crippen LogP contribution in [-0.2, 0) is 9.84 Å². The molecular weight excluding hydrogens is 821 g/mol. The highest BCUT2D eigenvalue weighted by Crippen LogP contribution is 2.48. The molecule has 1 aliphatic rings. The summed E-state index contributed by atoms with van der Waals surface area (Å²) >= 11 is 0. The molecule has 65 heavy (non-hydrogen) atoms. The van der Waals surface area contributed by atoms with Gasteiger partial charge in [0.15, 0.2) is 0 Å². The van der Waals surface area contributed by atoms with E-state index in [0.29, 0.717) is 39.6 Å². The first-order chi connectivity index (χ1) is 32.0. The van der Waals surface area contributed by atoms with Gasteiger partial charge in [0.1, 0.15) is 0 Å². The standard InChI is InChI=1S/C56H38N6O2S/c63-65(64)53-35-45(61(43-27-15-5-16-28-43)44-29-17-6-18-30-44)31-33-47(53)48-34-32-46(36-54(48)65)62(55-57-49(39-19-7-1-8-20-39)37-50(58-55)40-21-9-2-10-22-40)56-59-51(41-23-11-3-12-24-41)38-52(60-56)42-25-13-4-14-26-42/h1-38H. The molecule has 0 amide bonds. The number of para-hydroxylation sites is 2. The van der Waals surface area contributed by atoms with Crippen molar-refractivity contribution in [3.63, 3.8) is 0 Å². The monoisotopic (exact) mass is 858 g/mol. The third-order valence-electron chi connectivity index (χ3n) is 11.5. The lowest BCUT2D eigenvalue weighted by molar-refractivity contribution is 0.598. The average Bonchev–Trinajstić information content (AvgIpc) is 3.60. The highest BCUT2D eigenvalue weighted by atomic mass is 32.2. The average molecular weight is 859 g/mol. The largest absolute Gasteiger partial charge is 0.310 e. The maximum Gasteiger partial charge on any atom is 0.238 e. The van der Waals surface area contributed by atoms with Crippen molar-refractivity contribution < 1.29 is 8.42 Å². The lowest BCUT2D eigenvalue weighted by Gasteiger charge is -2.25. The van der Waals surface area contributed by atoms with Gasteiger partial charge in [-0.1, -0.05) is 170 Å². The number of hydrogen-bond donors (Lipinski definition) is 0. The fourth-order valence-corrected chi connectivity index (χ4v) is 10.1. The van der Waals surface area contributed by atoms with Crippen LogP contribution in [0.5, 0.6) is 0 Å². The molecule has 0 atom stereocenters. The Hall–Kier alpha value is -8.53. The van der Waals surface area contributed by atoms with Gasteiger partial charge in [-0.05, 0) is 60.7 Å². The van der Waals surface area contributed by atoms with Crippen molar-refractivity contribution >= 4 is 44.5 Å². The van der Waals surface area contributed by atoms with Crippen LogP contribution >= 0.6 is 0 Å². The molecule has 11 rings (SSSR count). The number of rotatable bonds is 10. The van der Waals surface area contributed by atoms with Crippen molar-refractivity contribution in [2.45, 2.75) is 9.79 Å². The van der Waals surface area contributed by atoms with Crippen LogP contribution in [0.2, 0.25) is 0 Å². The Labute approximate surface area is 377 Å². The van der Waals surface area contributed by atoms with Crippen LogP contribution in [0.3, 0.4) is 0 Å². The van der Waals surface area contributed by atoms with E-state index < -0.39 is 9.84 Å². The minimum Gasteiger partial charge on any atom is -0.310 e. The minimum absolute atomic E-state index is 0.170. The number of sulfone groups is 1. The number of anilines is 6. The van der Waals surface area contributed by atoms with Crippen LogP contribution < -0.4 is 9.80 Å². The van der Waals surface area contributed by atoms with Gasteiger partial charge in [-0.2, -0.15) is 0 Å². The first-order valence-corrected chi connectivity index (χ1v) is 22.7. The Kier molecular flexibility index (Phi) is 10.1. The first kappa shape index (κ1) is 39.3.